The molecule has 106 valence electrons. The summed E-state index contributed by atoms with van der Waals surface area (Å²) in [7, 11) is -1.73. The van der Waals surface area contributed by atoms with E-state index in [0.717, 1.165) is 19.3 Å². The van der Waals surface area contributed by atoms with Crippen LogP contribution in [0, 0.1) is 0 Å². The van der Waals surface area contributed by atoms with Crippen molar-refractivity contribution in [2.75, 3.05) is 19.5 Å². The summed E-state index contributed by atoms with van der Waals surface area (Å²) in [4.78, 5) is 0.306. The molecule has 1 fully saturated rings. The summed E-state index contributed by atoms with van der Waals surface area (Å²) in [6, 6.07) is 6.63. The van der Waals surface area contributed by atoms with Crippen LogP contribution in [0.4, 0.5) is 0 Å². The van der Waals surface area contributed by atoms with E-state index in [2.05, 4.69) is 0 Å². The zero-order chi connectivity index (χ0) is 13.9. The lowest BCUT2D eigenvalue weighted by molar-refractivity contribution is 0.249. The molecule has 0 bridgehead atoms. The average Bonchev–Trinajstić information content (AvgIpc) is 2.34. The van der Waals surface area contributed by atoms with E-state index in [1.54, 1.807) is 31.3 Å². The fraction of sp³-hybridized carbons (Fsp3) is 0.538. The van der Waals surface area contributed by atoms with Crippen LogP contribution in [0.5, 0.6) is 5.75 Å². The summed E-state index contributed by atoms with van der Waals surface area (Å²) in [5.74, 6) is 1.04. The first-order valence-electron chi connectivity index (χ1n) is 6.32. The number of hydrogen-bond acceptors (Lipinski definition) is 3. The van der Waals surface area contributed by atoms with Gasteiger partial charge in [-0.15, -0.1) is 11.6 Å². The van der Waals surface area contributed by atoms with Crippen LogP contribution in [0.25, 0.3) is 0 Å². The van der Waals surface area contributed by atoms with Crippen molar-refractivity contribution in [1.82, 2.24) is 4.31 Å². The topological polar surface area (TPSA) is 46.6 Å². The molecule has 0 aromatic heterocycles. The Morgan fingerprint density at radius 3 is 2.42 bits per heavy atom. The summed E-state index contributed by atoms with van der Waals surface area (Å²) in [5.41, 5.74) is 0. The maximum absolute atomic E-state index is 12.4. The van der Waals surface area contributed by atoms with Gasteiger partial charge in [-0.1, -0.05) is 6.42 Å². The third-order valence-corrected chi connectivity index (χ3v) is 5.51. The first-order chi connectivity index (χ1) is 9.05. The fourth-order valence-corrected chi connectivity index (χ4v) is 3.47. The molecule has 0 radical (unpaired) electrons. The van der Waals surface area contributed by atoms with Gasteiger partial charge in [-0.25, -0.2) is 8.42 Å². The minimum absolute atomic E-state index is 0.150. The number of sulfonamides is 1. The Hall–Kier alpha value is -0.780. The highest BCUT2D eigenvalue weighted by Gasteiger charge is 2.31. The van der Waals surface area contributed by atoms with Gasteiger partial charge in [0.25, 0.3) is 0 Å². The molecule has 1 aliphatic carbocycles. The lowest BCUT2D eigenvalue weighted by Crippen LogP contribution is -2.41. The molecule has 2 rings (SSSR count). The zero-order valence-electron chi connectivity index (χ0n) is 10.9. The van der Waals surface area contributed by atoms with Crippen molar-refractivity contribution < 1.29 is 13.2 Å². The van der Waals surface area contributed by atoms with Crippen molar-refractivity contribution >= 4 is 21.6 Å². The van der Waals surface area contributed by atoms with Gasteiger partial charge in [-0.3, -0.25) is 0 Å². The number of alkyl halides is 1. The van der Waals surface area contributed by atoms with Crippen molar-refractivity contribution in [1.29, 1.82) is 0 Å². The lowest BCUT2D eigenvalue weighted by Gasteiger charge is -2.33. The van der Waals surface area contributed by atoms with Crippen LogP contribution in [-0.2, 0) is 10.0 Å². The molecule has 0 N–H and O–H groups in total. The first-order valence-corrected chi connectivity index (χ1v) is 8.30. The van der Waals surface area contributed by atoms with Crippen molar-refractivity contribution in [3.8, 4) is 5.75 Å². The molecule has 0 heterocycles. The summed E-state index contributed by atoms with van der Waals surface area (Å²) >= 11 is 5.53. The highest BCUT2D eigenvalue weighted by molar-refractivity contribution is 7.89. The average molecular weight is 304 g/mol. The van der Waals surface area contributed by atoms with Gasteiger partial charge in [0.05, 0.1) is 10.8 Å². The first kappa shape index (κ1) is 14.6. The molecule has 1 aliphatic rings. The molecule has 1 saturated carbocycles. The zero-order valence-corrected chi connectivity index (χ0v) is 12.5. The van der Waals surface area contributed by atoms with Gasteiger partial charge in [-0.2, -0.15) is 4.31 Å². The van der Waals surface area contributed by atoms with E-state index < -0.39 is 10.0 Å². The molecular weight excluding hydrogens is 286 g/mol. The maximum Gasteiger partial charge on any atom is 0.243 e. The molecule has 6 heteroatoms. The molecule has 4 nitrogen and oxygen atoms in total. The van der Waals surface area contributed by atoms with Crippen LogP contribution >= 0.6 is 11.6 Å². The van der Waals surface area contributed by atoms with Crippen molar-refractivity contribution in [3.63, 3.8) is 0 Å². The van der Waals surface area contributed by atoms with Gasteiger partial charge in [0.2, 0.25) is 10.0 Å². The van der Waals surface area contributed by atoms with E-state index in [1.165, 1.54) is 4.31 Å². The van der Waals surface area contributed by atoms with Gasteiger partial charge >= 0.3 is 0 Å². The second kappa shape index (κ2) is 6.11. The number of nitrogens with zero attached hydrogens (tertiary/aromatic N) is 1. The number of rotatable bonds is 6. The molecule has 1 aromatic carbocycles. The molecular formula is C13H18ClNO3S. The smallest absolute Gasteiger partial charge is 0.243 e. The summed E-state index contributed by atoms with van der Waals surface area (Å²) in [6.45, 7) is 0.412. The molecule has 0 saturated heterocycles. The number of ether oxygens (including phenoxy) is 1. The van der Waals surface area contributed by atoms with Crippen molar-refractivity contribution in [2.24, 2.45) is 0 Å². The Morgan fingerprint density at radius 1 is 1.32 bits per heavy atom. The number of benzene rings is 1. The highest BCUT2D eigenvalue weighted by atomic mass is 35.5. The van der Waals surface area contributed by atoms with Crippen molar-refractivity contribution in [2.45, 2.75) is 30.2 Å². The number of halogens is 1. The number of hydrogen-bond donors (Lipinski definition) is 0. The second-order valence-electron chi connectivity index (χ2n) is 4.61. The van der Waals surface area contributed by atoms with E-state index >= 15 is 0 Å². The predicted octanol–water partition coefficient (Wildman–Crippen LogP) is 2.48. The molecule has 0 amide bonds. The Kier molecular flexibility index (Phi) is 4.71. The van der Waals surface area contributed by atoms with E-state index in [0.29, 0.717) is 23.1 Å². The Morgan fingerprint density at radius 2 is 1.95 bits per heavy atom. The molecule has 0 spiro atoms. The van der Waals surface area contributed by atoms with Crippen LogP contribution < -0.4 is 4.74 Å². The summed E-state index contributed by atoms with van der Waals surface area (Å²) in [5, 5.41) is 0. The minimum Gasteiger partial charge on any atom is -0.492 e. The summed E-state index contributed by atoms with van der Waals surface area (Å²) < 4.78 is 31.5. The monoisotopic (exact) mass is 303 g/mol. The van der Waals surface area contributed by atoms with Crippen LogP contribution in [0.2, 0.25) is 0 Å². The normalized spacial score (nSPS) is 16.4. The van der Waals surface area contributed by atoms with Gasteiger partial charge in [-0.05, 0) is 37.1 Å². The quantitative estimate of drug-likeness (QED) is 0.759. The lowest BCUT2D eigenvalue weighted by atomic mass is 9.94. The summed E-state index contributed by atoms with van der Waals surface area (Å²) in [6.07, 6.45) is 3.01. The van der Waals surface area contributed by atoms with Gasteiger partial charge < -0.3 is 4.74 Å². The maximum atomic E-state index is 12.4. The molecule has 0 atom stereocenters. The SMILES string of the molecule is CN(C1CCC1)S(=O)(=O)c1ccc(OCCCl)cc1. The van der Waals surface area contributed by atoms with E-state index in [9.17, 15) is 8.42 Å². The van der Waals surface area contributed by atoms with E-state index in [-0.39, 0.29) is 6.04 Å². The minimum atomic E-state index is -3.38. The second-order valence-corrected chi connectivity index (χ2v) is 6.99. The van der Waals surface area contributed by atoms with Crippen LogP contribution in [0.1, 0.15) is 19.3 Å². The molecule has 0 unspecified atom stereocenters. The van der Waals surface area contributed by atoms with Gasteiger partial charge in [0.15, 0.2) is 0 Å². The van der Waals surface area contributed by atoms with Crippen LogP contribution in [0.15, 0.2) is 29.2 Å². The largest absolute Gasteiger partial charge is 0.492 e. The van der Waals surface area contributed by atoms with Crippen LogP contribution in [-0.4, -0.2) is 38.3 Å². The van der Waals surface area contributed by atoms with E-state index in [1.807, 2.05) is 0 Å². The standard InChI is InChI=1S/C13H18ClNO3S/c1-15(11-3-2-4-11)19(16,17)13-7-5-12(6-8-13)18-10-9-14/h5-8,11H,2-4,9-10H2,1H3. The van der Waals surface area contributed by atoms with Gasteiger partial charge in [0.1, 0.15) is 12.4 Å². The van der Waals surface area contributed by atoms with Gasteiger partial charge in [0, 0.05) is 13.1 Å². The van der Waals surface area contributed by atoms with E-state index in [4.69, 9.17) is 16.3 Å². The Balaban J connectivity index is 2.11. The molecule has 0 aliphatic heterocycles. The highest BCUT2D eigenvalue weighted by Crippen LogP contribution is 2.28. The Labute approximate surface area is 119 Å². The fourth-order valence-electron chi connectivity index (χ4n) is 1.98. The third kappa shape index (κ3) is 3.22. The molecule has 19 heavy (non-hydrogen) atoms. The third-order valence-electron chi connectivity index (χ3n) is 3.44. The molecule has 1 aromatic rings. The predicted molar refractivity (Wildman–Crippen MR) is 75.2 cm³/mol. The van der Waals surface area contributed by atoms with Crippen molar-refractivity contribution in [3.05, 3.63) is 24.3 Å². The van der Waals surface area contributed by atoms with Crippen LogP contribution in [0.3, 0.4) is 0 Å². The Bertz CT molecular complexity index is 511.